The number of aromatic nitrogens is 5. The van der Waals surface area contributed by atoms with E-state index < -0.39 is 0 Å². The molecule has 0 amide bonds. The van der Waals surface area contributed by atoms with Gasteiger partial charge in [0.25, 0.3) is 0 Å². The molecule has 210 valence electrons. The first-order chi connectivity index (χ1) is 22.3. The predicted octanol–water partition coefficient (Wildman–Crippen LogP) is 9.67. The van der Waals surface area contributed by atoms with Gasteiger partial charge in [0.1, 0.15) is 5.82 Å². The van der Waals surface area contributed by atoms with Crippen molar-refractivity contribution in [1.29, 1.82) is 0 Å². The highest BCUT2D eigenvalue weighted by Gasteiger charge is 2.14. The summed E-state index contributed by atoms with van der Waals surface area (Å²) >= 11 is 0. The molecule has 0 bridgehead atoms. The Hall–Kier alpha value is -6.20. The second kappa shape index (κ2) is 10.2. The van der Waals surface area contributed by atoms with Gasteiger partial charge in [-0.25, -0.2) is 15.0 Å². The van der Waals surface area contributed by atoms with Crippen LogP contribution in [0.2, 0.25) is 0 Å². The zero-order chi connectivity index (χ0) is 29.7. The summed E-state index contributed by atoms with van der Waals surface area (Å²) in [5.41, 5.74) is 7.30. The second-order valence-electron chi connectivity index (χ2n) is 11.2. The van der Waals surface area contributed by atoms with Crippen LogP contribution in [0.15, 0.2) is 152 Å². The van der Waals surface area contributed by atoms with Gasteiger partial charge < -0.3 is 0 Å². The van der Waals surface area contributed by atoms with Gasteiger partial charge in [-0.05, 0) is 76.1 Å². The smallest absolute Gasteiger partial charge is 0.138 e. The molecule has 5 heterocycles. The van der Waals surface area contributed by atoms with Gasteiger partial charge in [0, 0.05) is 22.5 Å². The van der Waals surface area contributed by atoms with Crippen LogP contribution in [0.1, 0.15) is 0 Å². The molecule has 5 aromatic heterocycles. The molecule has 5 heteroatoms. The average Bonchev–Trinajstić information content (AvgIpc) is 3.46. The molecule has 0 unspecified atom stereocenters. The molecule has 0 aliphatic carbocycles. The number of hydrogen-bond donors (Lipinski definition) is 0. The van der Waals surface area contributed by atoms with Crippen molar-refractivity contribution in [3.63, 3.8) is 0 Å². The molecular weight excluding hydrogens is 550 g/mol. The summed E-state index contributed by atoms with van der Waals surface area (Å²) in [7, 11) is 0. The number of fused-ring (bicyclic) bond motifs is 6. The maximum Gasteiger partial charge on any atom is 0.138 e. The van der Waals surface area contributed by atoms with Gasteiger partial charge in [0.05, 0.1) is 45.7 Å². The summed E-state index contributed by atoms with van der Waals surface area (Å²) in [5.74, 6) is 0.822. The van der Waals surface area contributed by atoms with Crippen LogP contribution in [0.4, 0.5) is 0 Å². The second-order valence-corrected chi connectivity index (χ2v) is 11.2. The maximum atomic E-state index is 5.09. The van der Waals surface area contributed by atoms with Crippen LogP contribution in [-0.2, 0) is 0 Å². The van der Waals surface area contributed by atoms with Crippen LogP contribution in [-0.4, -0.2) is 24.5 Å². The van der Waals surface area contributed by atoms with Crippen molar-refractivity contribution in [1.82, 2.24) is 24.5 Å². The van der Waals surface area contributed by atoms with Gasteiger partial charge >= 0.3 is 0 Å². The molecule has 9 rings (SSSR count). The first-order valence-corrected chi connectivity index (χ1v) is 15.0. The highest BCUT2D eigenvalue weighted by molar-refractivity contribution is 6.09. The lowest BCUT2D eigenvalue weighted by atomic mass is 9.99. The molecule has 9 aromatic rings. The van der Waals surface area contributed by atoms with Crippen LogP contribution < -0.4 is 0 Å². The number of benzene rings is 4. The molecule has 4 aromatic carbocycles. The van der Waals surface area contributed by atoms with Crippen LogP contribution in [0.5, 0.6) is 0 Å². The number of nitrogens with zero attached hydrogens (tertiary/aromatic N) is 5. The van der Waals surface area contributed by atoms with E-state index in [2.05, 4.69) is 101 Å². The van der Waals surface area contributed by atoms with Crippen molar-refractivity contribution in [3.8, 4) is 39.9 Å². The third kappa shape index (κ3) is 4.25. The first kappa shape index (κ1) is 25.3. The fourth-order valence-electron chi connectivity index (χ4n) is 6.39. The fraction of sp³-hybridized carbons (Fsp3) is 0. The van der Waals surface area contributed by atoms with Crippen molar-refractivity contribution in [2.75, 3.05) is 0 Å². The van der Waals surface area contributed by atoms with E-state index in [1.165, 1.54) is 26.9 Å². The Labute approximate surface area is 259 Å². The predicted molar refractivity (Wildman–Crippen MR) is 183 cm³/mol. The monoisotopic (exact) mass is 575 g/mol. The van der Waals surface area contributed by atoms with Crippen LogP contribution in [0.25, 0.3) is 83.2 Å². The minimum Gasteiger partial charge on any atom is -0.292 e. The molecule has 0 atom stereocenters. The van der Waals surface area contributed by atoms with E-state index in [0.29, 0.717) is 0 Å². The summed E-state index contributed by atoms with van der Waals surface area (Å²) in [5, 5.41) is 7.28. The number of rotatable bonds is 4. The van der Waals surface area contributed by atoms with E-state index in [1.807, 2.05) is 60.9 Å². The van der Waals surface area contributed by atoms with Crippen molar-refractivity contribution in [2.45, 2.75) is 0 Å². The lowest BCUT2D eigenvalue weighted by Crippen LogP contribution is -1.99. The SMILES string of the molecule is c1cc(-c2ccc3c(ccc4ccccc43)c2)nc(-c2cccc(-c3cccc(-n4c5ccccc5c5ccncc54)n3)n2)c1. The molecule has 0 spiro atoms. The summed E-state index contributed by atoms with van der Waals surface area (Å²) in [6.07, 6.45) is 3.74. The summed E-state index contributed by atoms with van der Waals surface area (Å²) < 4.78 is 2.17. The normalized spacial score (nSPS) is 11.6. The van der Waals surface area contributed by atoms with Crippen molar-refractivity contribution in [3.05, 3.63) is 152 Å². The first-order valence-electron chi connectivity index (χ1n) is 15.0. The molecule has 0 saturated heterocycles. The van der Waals surface area contributed by atoms with E-state index in [1.54, 1.807) is 0 Å². The molecular formula is C40H25N5. The van der Waals surface area contributed by atoms with Crippen molar-refractivity contribution >= 4 is 43.4 Å². The Morgan fingerprint density at radius 3 is 1.87 bits per heavy atom. The zero-order valence-electron chi connectivity index (χ0n) is 24.2. The third-order valence-corrected chi connectivity index (χ3v) is 8.50. The number of para-hydroxylation sites is 1. The molecule has 0 fully saturated rings. The van der Waals surface area contributed by atoms with Gasteiger partial charge in [-0.15, -0.1) is 0 Å². The fourth-order valence-corrected chi connectivity index (χ4v) is 6.39. The molecule has 5 nitrogen and oxygen atoms in total. The Bertz CT molecular complexity index is 2510. The zero-order valence-corrected chi connectivity index (χ0v) is 24.2. The van der Waals surface area contributed by atoms with E-state index in [9.17, 15) is 0 Å². The summed E-state index contributed by atoms with van der Waals surface area (Å²) in [6, 6.07) is 48.1. The van der Waals surface area contributed by atoms with Gasteiger partial charge in [-0.2, -0.15) is 0 Å². The van der Waals surface area contributed by atoms with Crippen molar-refractivity contribution < 1.29 is 0 Å². The quantitative estimate of drug-likeness (QED) is 0.196. The maximum absolute atomic E-state index is 5.09. The topological polar surface area (TPSA) is 56.5 Å². The number of hydrogen-bond acceptors (Lipinski definition) is 4. The lowest BCUT2D eigenvalue weighted by Gasteiger charge is -2.10. The van der Waals surface area contributed by atoms with Gasteiger partial charge in [0.2, 0.25) is 0 Å². The molecule has 0 aliphatic rings. The van der Waals surface area contributed by atoms with Gasteiger partial charge in [0.15, 0.2) is 0 Å². The third-order valence-electron chi connectivity index (χ3n) is 8.50. The Morgan fingerprint density at radius 1 is 0.400 bits per heavy atom. The lowest BCUT2D eigenvalue weighted by molar-refractivity contribution is 1.07. The van der Waals surface area contributed by atoms with Crippen molar-refractivity contribution in [2.24, 2.45) is 0 Å². The molecule has 0 N–H and O–H groups in total. The number of pyridine rings is 4. The standard InChI is InChI=1S/C40H25N5/c1-2-9-29-26(8-1)18-19-27-24-28(20-21-30(27)29)33-11-5-12-34(42-33)35-13-6-14-36(43-35)37-15-7-17-40(44-37)45-38-16-4-3-10-31(38)32-22-23-41-25-39(32)45/h1-25H. The summed E-state index contributed by atoms with van der Waals surface area (Å²) in [4.78, 5) is 19.6. The Kier molecular flexibility index (Phi) is 5.74. The Morgan fingerprint density at radius 2 is 1.02 bits per heavy atom. The highest BCUT2D eigenvalue weighted by atomic mass is 15.1. The van der Waals surface area contributed by atoms with E-state index >= 15 is 0 Å². The van der Waals surface area contributed by atoms with Crippen LogP contribution in [0, 0.1) is 0 Å². The van der Waals surface area contributed by atoms with Crippen LogP contribution >= 0.6 is 0 Å². The minimum absolute atomic E-state index is 0.790. The summed E-state index contributed by atoms with van der Waals surface area (Å²) in [6.45, 7) is 0. The average molecular weight is 576 g/mol. The largest absolute Gasteiger partial charge is 0.292 e. The van der Waals surface area contributed by atoms with E-state index in [0.717, 1.165) is 56.3 Å². The van der Waals surface area contributed by atoms with Gasteiger partial charge in [-0.1, -0.05) is 84.9 Å². The Balaban J connectivity index is 1.10. The van der Waals surface area contributed by atoms with Crippen LogP contribution in [0.3, 0.4) is 0 Å². The van der Waals surface area contributed by atoms with E-state index in [-0.39, 0.29) is 0 Å². The molecule has 0 saturated carbocycles. The minimum atomic E-state index is 0.790. The van der Waals surface area contributed by atoms with E-state index in [4.69, 9.17) is 15.0 Å². The molecule has 0 aliphatic heterocycles. The molecule has 0 radical (unpaired) electrons. The molecule has 45 heavy (non-hydrogen) atoms. The highest BCUT2D eigenvalue weighted by Crippen LogP contribution is 2.32. The van der Waals surface area contributed by atoms with Gasteiger partial charge in [-0.3, -0.25) is 9.55 Å².